The minimum absolute atomic E-state index is 0.142. The van der Waals surface area contributed by atoms with Crippen LogP contribution in [0.15, 0.2) is 29.3 Å². The first-order valence-corrected chi connectivity index (χ1v) is 5.53. The molecule has 90 valence electrons. The second-order valence-corrected chi connectivity index (χ2v) is 4.03. The number of guanidine groups is 1. The number of nitrogens with zero attached hydrogens (tertiary/aromatic N) is 1. The molecule has 0 saturated carbocycles. The Morgan fingerprint density at radius 2 is 2.29 bits per heavy atom. The summed E-state index contributed by atoms with van der Waals surface area (Å²) in [6.07, 6.45) is 1.97. The molecule has 1 aliphatic rings. The van der Waals surface area contributed by atoms with E-state index < -0.39 is 5.97 Å². The summed E-state index contributed by atoms with van der Waals surface area (Å²) < 4.78 is 0. The number of hydrogen-bond donors (Lipinski definition) is 3. The number of nitrogens with two attached hydrogens (primary N) is 1. The molecule has 0 heterocycles. The molecule has 1 aromatic rings. The summed E-state index contributed by atoms with van der Waals surface area (Å²) in [5.41, 5.74) is 8.17. The Labute approximate surface area is 99.4 Å². The highest BCUT2D eigenvalue weighted by Gasteiger charge is 2.21. The summed E-state index contributed by atoms with van der Waals surface area (Å²) in [4.78, 5) is 14.1. The minimum Gasteiger partial charge on any atom is -0.480 e. The van der Waals surface area contributed by atoms with Gasteiger partial charge in [0.1, 0.15) is 6.54 Å². The fraction of sp³-hybridized carbons (Fsp3) is 0.333. The second-order valence-electron chi connectivity index (χ2n) is 4.03. The SMILES string of the molecule is NC(=NCC(=O)O)NC1CCc2ccccc21. The molecular weight excluding hydrogens is 218 g/mol. The van der Waals surface area contributed by atoms with E-state index in [1.54, 1.807) is 0 Å². The highest BCUT2D eigenvalue weighted by molar-refractivity contribution is 5.81. The van der Waals surface area contributed by atoms with E-state index in [0.29, 0.717) is 0 Å². The maximum Gasteiger partial charge on any atom is 0.325 e. The van der Waals surface area contributed by atoms with Crippen molar-refractivity contribution in [3.8, 4) is 0 Å². The van der Waals surface area contributed by atoms with E-state index in [1.807, 2.05) is 12.1 Å². The molecule has 5 nitrogen and oxygen atoms in total. The molecule has 0 aromatic heterocycles. The van der Waals surface area contributed by atoms with Crippen molar-refractivity contribution in [2.75, 3.05) is 6.54 Å². The molecule has 1 aromatic carbocycles. The van der Waals surface area contributed by atoms with Gasteiger partial charge in [-0.2, -0.15) is 0 Å². The molecule has 1 aliphatic carbocycles. The zero-order valence-electron chi connectivity index (χ0n) is 9.39. The largest absolute Gasteiger partial charge is 0.480 e. The van der Waals surface area contributed by atoms with Crippen molar-refractivity contribution in [2.24, 2.45) is 10.7 Å². The van der Waals surface area contributed by atoms with Crippen molar-refractivity contribution in [3.05, 3.63) is 35.4 Å². The van der Waals surface area contributed by atoms with Crippen molar-refractivity contribution in [1.29, 1.82) is 0 Å². The molecule has 0 bridgehead atoms. The van der Waals surface area contributed by atoms with Gasteiger partial charge in [0, 0.05) is 0 Å². The number of fused-ring (bicyclic) bond motifs is 1. The van der Waals surface area contributed by atoms with E-state index in [1.165, 1.54) is 11.1 Å². The lowest BCUT2D eigenvalue weighted by Crippen LogP contribution is -2.34. The van der Waals surface area contributed by atoms with Gasteiger partial charge in [-0.05, 0) is 24.0 Å². The lowest BCUT2D eigenvalue weighted by atomic mass is 10.1. The zero-order chi connectivity index (χ0) is 12.3. The average molecular weight is 233 g/mol. The van der Waals surface area contributed by atoms with E-state index in [-0.39, 0.29) is 18.5 Å². The van der Waals surface area contributed by atoms with Gasteiger partial charge < -0.3 is 16.2 Å². The number of carboxylic acid groups (broad SMARTS) is 1. The Kier molecular flexibility index (Phi) is 3.27. The summed E-state index contributed by atoms with van der Waals surface area (Å²) >= 11 is 0. The molecule has 2 rings (SSSR count). The molecule has 0 amide bonds. The van der Waals surface area contributed by atoms with Crippen molar-refractivity contribution in [1.82, 2.24) is 5.32 Å². The predicted octanol–water partition coefficient (Wildman–Crippen LogP) is 0.663. The highest BCUT2D eigenvalue weighted by Crippen LogP contribution is 2.30. The first kappa shape index (κ1) is 11.4. The van der Waals surface area contributed by atoms with E-state index >= 15 is 0 Å². The van der Waals surface area contributed by atoms with Crippen LogP contribution in [0.1, 0.15) is 23.6 Å². The number of nitrogens with one attached hydrogen (secondary N) is 1. The highest BCUT2D eigenvalue weighted by atomic mass is 16.4. The molecule has 4 N–H and O–H groups in total. The number of aliphatic carboxylic acids is 1. The number of benzene rings is 1. The first-order valence-electron chi connectivity index (χ1n) is 5.53. The summed E-state index contributed by atoms with van der Waals surface area (Å²) in [5.74, 6) is -0.796. The molecule has 0 aliphatic heterocycles. The fourth-order valence-corrected chi connectivity index (χ4v) is 2.08. The Hall–Kier alpha value is -2.04. The van der Waals surface area contributed by atoms with E-state index in [0.717, 1.165) is 12.8 Å². The van der Waals surface area contributed by atoms with Crippen LogP contribution in [0.25, 0.3) is 0 Å². The Balaban J connectivity index is 2.02. The van der Waals surface area contributed by atoms with E-state index in [4.69, 9.17) is 10.8 Å². The molecule has 5 heteroatoms. The van der Waals surface area contributed by atoms with Crippen LogP contribution in [0.3, 0.4) is 0 Å². The van der Waals surface area contributed by atoms with E-state index in [2.05, 4.69) is 22.4 Å². The third-order valence-corrected chi connectivity index (χ3v) is 2.84. The van der Waals surface area contributed by atoms with Crippen molar-refractivity contribution >= 4 is 11.9 Å². The maximum atomic E-state index is 10.3. The fourth-order valence-electron chi connectivity index (χ4n) is 2.08. The molecule has 0 radical (unpaired) electrons. The summed E-state index contributed by atoms with van der Waals surface area (Å²) in [7, 11) is 0. The van der Waals surface area contributed by atoms with E-state index in [9.17, 15) is 4.79 Å². The molecule has 1 atom stereocenters. The van der Waals surface area contributed by atoms with Gasteiger partial charge in [-0.3, -0.25) is 4.79 Å². The third kappa shape index (κ3) is 2.75. The summed E-state index contributed by atoms with van der Waals surface area (Å²) in [6, 6.07) is 8.31. The molecule has 0 saturated heterocycles. The van der Waals surface area contributed by atoms with Crippen LogP contribution < -0.4 is 11.1 Å². The van der Waals surface area contributed by atoms with Gasteiger partial charge in [0.15, 0.2) is 5.96 Å². The van der Waals surface area contributed by atoms with Crippen LogP contribution in [0.2, 0.25) is 0 Å². The molecule has 0 spiro atoms. The maximum absolute atomic E-state index is 10.3. The zero-order valence-corrected chi connectivity index (χ0v) is 9.39. The Morgan fingerprint density at radius 3 is 3.06 bits per heavy atom. The van der Waals surface area contributed by atoms with Gasteiger partial charge in [0.2, 0.25) is 0 Å². The van der Waals surface area contributed by atoms with Gasteiger partial charge >= 0.3 is 5.97 Å². The second kappa shape index (κ2) is 4.86. The number of carboxylic acids is 1. The molecular formula is C12H15N3O2. The molecule has 1 unspecified atom stereocenters. The van der Waals surface area contributed by atoms with Crippen LogP contribution in [-0.4, -0.2) is 23.6 Å². The first-order chi connectivity index (χ1) is 8.16. The monoisotopic (exact) mass is 233 g/mol. The van der Waals surface area contributed by atoms with Gasteiger partial charge in [0.05, 0.1) is 6.04 Å². The van der Waals surface area contributed by atoms with Crippen LogP contribution in [0, 0.1) is 0 Å². The lowest BCUT2D eigenvalue weighted by Gasteiger charge is -2.14. The van der Waals surface area contributed by atoms with Crippen LogP contribution in [0.5, 0.6) is 0 Å². The topological polar surface area (TPSA) is 87.7 Å². The summed E-state index contributed by atoms with van der Waals surface area (Å²) in [5, 5.41) is 11.5. The Morgan fingerprint density at radius 1 is 1.53 bits per heavy atom. The number of aliphatic imine (C=N–C) groups is 1. The average Bonchev–Trinajstić information content (AvgIpc) is 2.70. The predicted molar refractivity (Wildman–Crippen MR) is 64.8 cm³/mol. The smallest absolute Gasteiger partial charge is 0.325 e. The minimum atomic E-state index is -0.985. The van der Waals surface area contributed by atoms with Gasteiger partial charge in [0.25, 0.3) is 0 Å². The number of hydrogen-bond acceptors (Lipinski definition) is 2. The van der Waals surface area contributed by atoms with Crippen molar-refractivity contribution in [3.63, 3.8) is 0 Å². The summed E-state index contributed by atoms with van der Waals surface area (Å²) in [6.45, 7) is -0.298. The van der Waals surface area contributed by atoms with Crippen LogP contribution >= 0.6 is 0 Å². The number of aryl methyl sites for hydroxylation is 1. The number of rotatable bonds is 3. The van der Waals surface area contributed by atoms with Gasteiger partial charge in [-0.1, -0.05) is 24.3 Å². The lowest BCUT2D eigenvalue weighted by molar-refractivity contribution is -0.135. The number of carbonyl (C=O) groups is 1. The van der Waals surface area contributed by atoms with Crippen LogP contribution in [-0.2, 0) is 11.2 Å². The Bertz CT molecular complexity index is 457. The standard InChI is InChI=1S/C12H15N3O2/c13-12(14-7-11(16)17)15-10-6-5-8-3-1-2-4-9(8)10/h1-4,10H,5-7H2,(H,16,17)(H3,13,14,15). The van der Waals surface area contributed by atoms with Crippen molar-refractivity contribution < 1.29 is 9.90 Å². The van der Waals surface area contributed by atoms with Crippen molar-refractivity contribution in [2.45, 2.75) is 18.9 Å². The molecule has 17 heavy (non-hydrogen) atoms. The third-order valence-electron chi connectivity index (χ3n) is 2.84. The van der Waals surface area contributed by atoms with Gasteiger partial charge in [-0.15, -0.1) is 0 Å². The van der Waals surface area contributed by atoms with Gasteiger partial charge in [-0.25, -0.2) is 4.99 Å². The quantitative estimate of drug-likeness (QED) is 0.528. The normalized spacial score (nSPS) is 18.8. The van der Waals surface area contributed by atoms with Crippen LogP contribution in [0.4, 0.5) is 0 Å². The molecule has 0 fully saturated rings.